The molecule has 1 fully saturated rings. The van der Waals surface area contributed by atoms with Gasteiger partial charge in [-0.25, -0.2) is 0 Å². The third kappa shape index (κ3) is 4.15. The van der Waals surface area contributed by atoms with Crippen LogP contribution in [0.4, 0.5) is 0 Å². The molecule has 132 valence electrons. The molecular formula is C19H28N2O3. The van der Waals surface area contributed by atoms with E-state index in [2.05, 4.69) is 6.92 Å². The van der Waals surface area contributed by atoms with E-state index in [0.717, 1.165) is 24.8 Å². The predicted octanol–water partition coefficient (Wildman–Crippen LogP) is 1.97. The van der Waals surface area contributed by atoms with Crippen LogP contribution in [-0.2, 0) is 15.0 Å². The Labute approximate surface area is 143 Å². The first-order chi connectivity index (χ1) is 11.5. The monoisotopic (exact) mass is 332 g/mol. The van der Waals surface area contributed by atoms with E-state index in [1.54, 1.807) is 4.90 Å². The van der Waals surface area contributed by atoms with Gasteiger partial charge in [-0.15, -0.1) is 0 Å². The molecule has 0 aliphatic carbocycles. The molecule has 0 aromatic heterocycles. The van der Waals surface area contributed by atoms with Crippen molar-refractivity contribution in [3.8, 4) is 0 Å². The van der Waals surface area contributed by atoms with Gasteiger partial charge in [0, 0.05) is 19.5 Å². The van der Waals surface area contributed by atoms with Crippen LogP contribution in [0.2, 0.25) is 0 Å². The minimum atomic E-state index is -0.794. The standard InChI is InChI=1S/C19H28N2O3/c1-2-3-9-16(22)10-11-17(23)21-13-12-19(14-21,18(20)24)15-7-5-4-6-8-15/h4-8,16,22H,2-3,9-14H2,1H3,(H2,20,24). The van der Waals surface area contributed by atoms with Gasteiger partial charge in [0.25, 0.3) is 0 Å². The second kappa shape index (κ2) is 8.29. The second-order valence-corrected chi connectivity index (χ2v) is 6.71. The van der Waals surface area contributed by atoms with Crippen LogP contribution in [0.5, 0.6) is 0 Å². The summed E-state index contributed by atoms with van der Waals surface area (Å²) in [5.74, 6) is -0.392. The molecule has 5 heteroatoms. The van der Waals surface area contributed by atoms with Gasteiger partial charge in [0.1, 0.15) is 0 Å². The summed E-state index contributed by atoms with van der Waals surface area (Å²) >= 11 is 0. The Morgan fingerprint density at radius 1 is 1.29 bits per heavy atom. The average Bonchev–Trinajstić information content (AvgIpc) is 3.05. The summed E-state index contributed by atoms with van der Waals surface area (Å²) in [4.78, 5) is 26.3. The summed E-state index contributed by atoms with van der Waals surface area (Å²) < 4.78 is 0. The van der Waals surface area contributed by atoms with Gasteiger partial charge in [0.05, 0.1) is 11.5 Å². The Bertz CT molecular complexity index is 561. The maximum absolute atomic E-state index is 12.4. The van der Waals surface area contributed by atoms with Crippen LogP contribution in [0.15, 0.2) is 30.3 Å². The number of hydrogen-bond acceptors (Lipinski definition) is 3. The van der Waals surface area contributed by atoms with Gasteiger partial charge in [0.2, 0.25) is 11.8 Å². The van der Waals surface area contributed by atoms with Crippen molar-refractivity contribution in [3.05, 3.63) is 35.9 Å². The fourth-order valence-corrected chi connectivity index (χ4v) is 3.39. The highest BCUT2D eigenvalue weighted by Gasteiger charge is 2.45. The van der Waals surface area contributed by atoms with E-state index in [1.165, 1.54) is 0 Å². The Kier molecular flexibility index (Phi) is 6.37. The van der Waals surface area contributed by atoms with Crippen LogP contribution < -0.4 is 5.73 Å². The number of benzene rings is 1. The van der Waals surface area contributed by atoms with Crippen molar-refractivity contribution in [3.63, 3.8) is 0 Å². The number of aliphatic hydroxyl groups is 1. The van der Waals surface area contributed by atoms with Crippen molar-refractivity contribution in [2.45, 2.75) is 57.0 Å². The molecule has 1 aromatic carbocycles. The number of hydrogen-bond donors (Lipinski definition) is 2. The summed E-state index contributed by atoms with van der Waals surface area (Å²) in [5.41, 5.74) is 5.76. The van der Waals surface area contributed by atoms with Crippen LogP contribution >= 0.6 is 0 Å². The summed E-state index contributed by atoms with van der Waals surface area (Å²) in [5, 5.41) is 9.90. The zero-order valence-corrected chi connectivity index (χ0v) is 14.4. The van der Waals surface area contributed by atoms with E-state index in [0.29, 0.717) is 32.4 Å². The fraction of sp³-hybridized carbons (Fsp3) is 0.579. The Morgan fingerprint density at radius 2 is 2.00 bits per heavy atom. The van der Waals surface area contributed by atoms with Crippen LogP contribution in [0.1, 0.15) is 51.0 Å². The first kappa shape index (κ1) is 18.5. The quantitative estimate of drug-likeness (QED) is 0.763. The lowest BCUT2D eigenvalue weighted by Gasteiger charge is -2.26. The third-order valence-electron chi connectivity index (χ3n) is 5.00. The SMILES string of the molecule is CCCCC(O)CCC(=O)N1CCC(C(N)=O)(c2ccccc2)C1. The Hall–Kier alpha value is -1.88. The number of carbonyl (C=O) groups excluding carboxylic acids is 2. The Balaban J connectivity index is 1.97. The molecule has 3 N–H and O–H groups in total. The molecule has 1 saturated heterocycles. The number of unbranched alkanes of at least 4 members (excludes halogenated alkanes) is 1. The molecule has 1 aromatic rings. The molecule has 1 aliphatic rings. The number of nitrogens with two attached hydrogens (primary N) is 1. The van der Waals surface area contributed by atoms with Crippen LogP contribution in [-0.4, -0.2) is 41.0 Å². The first-order valence-corrected chi connectivity index (χ1v) is 8.81. The van der Waals surface area contributed by atoms with Crippen LogP contribution in [0.25, 0.3) is 0 Å². The van der Waals surface area contributed by atoms with E-state index in [1.807, 2.05) is 30.3 Å². The third-order valence-corrected chi connectivity index (χ3v) is 5.00. The molecule has 1 aliphatic heterocycles. The number of nitrogens with zero attached hydrogens (tertiary/aromatic N) is 1. The number of amides is 2. The van der Waals surface area contributed by atoms with Crippen molar-refractivity contribution in [2.75, 3.05) is 13.1 Å². The van der Waals surface area contributed by atoms with Gasteiger partial charge in [0.15, 0.2) is 0 Å². The van der Waals surface area contributed by atoms with Gasteiger partial charge < -0.3 is 15.7 Å². The summed E-state index contributed by atoms with van der Waals surface area (Å²) in [6.45, 7) is 2.94. The van der Waals surface area contributed by atoms with Gasteiger partial charge >= 0.3 is 0 Å². The normalized spacial score (nSPS) is 21.7. The number of primary amides is 1. The molecule has 0 saturated carbocycles. The zero-order chi connectivity index (χ0) is 17.6. The molecule has 24 heavy (non-hydrogen) atoms. The highest BCUT2D eigenvalue weighted by atomic mass is 16.3. The van der Waals surface area contributed by atoms with Crippen LogP contribution in [0, 0.1) is 0 Å². The minimum Gasteiger partial charge on any atom is -0.393 e. The smallest absolute Gasteiger partial charge is 0.229 e. The van der Waals surface area contributed by atoms with Crippen molar-refractivity contribution in [1.82, 2.24) is 4.90 Å². The number of rotatable bonds is 8. The van der Waals surface area contributed by atoms with Crippen LogP contribution in [0.3, 0.4) is 0 Å². The lowest BCUT2D eigenvalue weighted by atomic mass is 9.79. The lowest BCUT2D eigenvalue weighted by molar-refractivity contribution is -0.131. The molecule has 1 heterocycles. The summed E-state index contributed by atoms with van der Waals surface area (Å²) in [6, 6.07) is 9.46. The van der Waals surface area contributed by atoms with Gasteiger partial charge in [-0.05, 0) is 24.8 Å². The topological polar surface area (TPSA) is 83.6 Å². The molecule has 2 atom stereocenters. The van der Waals surface area contributed by atoms with Crippen molar-refractivity contribution >= 4 is 11.8 Å². The zero-order valence-electron chi connectivity index (χ0n) is 14.4. The molecule has 5 nitrogen and oxygen atoms in total. The lowest BCUT2D eigenvalue weighted by Crippen LogP contribution is -2.44. The summed E-state index contributed by atoms with van der Waals surface area (Å²) in [6.07, 6.45) is 3.66. The van der Waals surface area contributed by atoms with Gasteiger partial charge in [-0.3, -0.25) is 9.59 Å². The van der Waals surface area contributed by atoms with E-state index >= 15 is 0 Å². The van der Waals surface area contributed by atoms with E-state index in [9.17, 15) is 14.7 Å². The minimum absolute atomic E-state index is 0.00963. The molecule has 2 amide bonds. The highest BCUT2D eigenvalue weighted by Crippen LogP contribution is 2.34. The second-order valence-electron chi connectivity index (χ2n) is 6.71. The predicted molar refractivity (Wildman–Crippen MR) is 93.3 cm³/mol. The Morgan fingerprint density at radius 3 is 2.62 bits per heavy atom. The summed E-state index contributed by atoms with van der Waals surface area (Å²) in [7, 11) is 0. The molecule has 2 unspecified atom stereocenters. The molecule has 2 rings (SSSR count). The van der Waals surface area contributed by atoms with Crippen molar-refractivity contribution in [1.29, 1.82) is 0 Å². The molecular weight excluding hydrogens is 304 g/mol. The maximum atomic E-state index is 12.4. The average molecular weight is 332 g/mol. The molecule has 0 radical (unpaired) electrons. The van der Waals surface area contributed by atoms with E-state index < -0.39 is 11.5 Å². The number of carbonyl (C=O) groups is 2. The highest BCUT2D eigenvalue weighted by molar-refractivity contribution is 5.89. The molecule has 0 bridgehead atoms. The fourth-order valence-electron chi connectivity index (χ4n) is 3.39. The maximum Gasteiger partial charge on any atom is 0.229 e. The number of likely N-dealkylation sites (tertiary alicyclic amines) is 1. The van der Waals surface area contributed by atoms with Crippen molar-refractivity contribution in [2.24, 2.45) is 5.73 Å². The van der Waals surface area contributed by atoms with E-state index in [4.69, 9.17) is 5.73 Å². The van der Waals surface area contributed by atoms with Crippen molar-refractivity contribution < 1.29 is 14.7 Å². The van der Waals surface area contributed by atoms with Gasteiger partial charge in [-0.1, -0.05) is 50.1 Å². The largest absolute Gasteiger partial charge is 0.393 e. The first-order valence-electron chi connectivity index (χ1n) is 8.81. The van der Waals surface area contributed by atoms with Gasteiger partial charge in [-0.2, -0.15) is 0 Å². The van der Waals surface area contributed by atoms with E-state index in [-0.39, 0.29) is 11.8 Å². The molecule has 0 spiro atoms. The number of aliphatic hydroxyl groups excluding tert-OH is 1.